The number of rotatable bonds is 5. The second kappa shape index (κ2) is 6.28. The first-order valence-electron chi connectivity index (χ1n) is 7.42. The Labute approximate surface area is 121 Å². The van der Waals surface area contributed by atoms with Crippen molar-refractivity contribution in [2.45, 2.75) is 45.1 Å². The molecule has 0 aromatic heterocycles. The lowest BCUT2D eigenvalue weighted by molar-refractivity contribution is 0.238. The minimum atomic E-state index is -0.342. The molecule has 1 aromatic carbocycles. The molecule has 1 aliphatic rings. The second-order valence-corrected chi connectivity index (χ2v) is 5.76. The van der Waals surface area contributed by atoms with Crippen molar-refractivity contribution in [3.8, 4) is 11.8 Å². The van der Waals surface area contributed by atoms with E-state index >= 15 is 0 Å². The first-order valence-corrected chi connectivity index (χ1v) is 7.42. The molecule has 1 aromatic rings. The van der Waals surface area contributed by atoms with Crippen molar-refractivity contribution in [1.82, 2.24) is 5.32 Å². The summed E-state index contributed by atoms with van der Waals surface area (Å²) in [5, 5.41) is 12.7. The summed E-state index contributed by atoms with van der Waals surface area (Å²) in [6.07, 6.45) is 4.13. The molecule has 2 atom stereocenters. The van der Waals surface area contributed by atoms with Gasteiger partial charge in [0, 0.05) is 0 Å². The van der Waals surface area contributed by atoms with E-state index in [1.54, 1.807) is 0 Å². The van der Waals surface area contributed by atoms with Crippen LogP contribution in [-0.2, 0) is 0 Å². The Morgan fingerprint density at radius 1 is 1.45 bits per heavy atom. The summed E-state index contributed by atoms with van der Waals surface area (Å²) < 4.78 is 5.92. The summed E-state index contributed by atoms with van der Waals surface area (Å²) in [4.78, 5) is 0. The van der Waals surface area contributed by atoms with Crippen LogP contribution >= 0.6 is 0 Å². The van der Waals surface area contributed by atoms with E-state index in [1.165, 1.54) is 11.1 Å². The minimum Gasteiger partial charge on any atom is -0.493 e. The fourth-order valence-corrected chi connectivity index (χ4v) is 3.19. The molecule has 0 amide bonds. The van der Waals surface area contributed by atoms with Gasteiger partial charge in [0.15, 0.2) is 0 Å². The second-order valence-electron chi connectivity index (χ2n) is 5.76. The zero-order valence-electron chi connectivity index (χ0n) is 12.7. The van der Waals surface area contributed by atoms with Crippen molar-refractivity contribution < 1.29 is 4.74 Å². The van der Waals surface area contributed by atoms with Gasteiger partial charge in [-0.25, -0.2) is 0 Å². The predicted octanol–water partition coefficient (Wildman–Crippen LogP) is 3.35. The molecule has 108 valence electrons. The van der Waals surface area contributed by atoms with Crippen molar-refractivity contribution in [2.24, 2.45) is 5.92 Å². The summed E-state index contributed by atoms with van der Waals surface area (Å²) in [5.41, 5.74) is 2.12. The van der Waals surface area contributed by atoms with Crippen LogP contribution < -0.4 is 10.1 Å². The molecule has 1 fully saturated rings. The van der Waals surface area contributed by atoms with Crippen LogP contribution in [0.2, 0.25) is 0 Å². The van der Waals surface area contributed by atoms with Gasteiger partial charge in [-0.05, 0) is 63.3 Å². The number of hydrogen-bond acceptors (Lipinski definition) is 3. The van der Waals surface area contributed by atoms with Gasteiger partial charge in [-0.15, -0.1) is 0 Å². The van der Waals surface area contributed by atoms with E-state index in [1.807, 2.05) is 19.2 Å². The highest BCUT2D eigenvalue weighted by Crippen LogP contribution is 2.37. The van der Waals surface area contributed by atoms with Gasteiger partial charge in [-0.1, -0.05) is 18.6 Å². The fourth-order valence-electron chi connectivity index (χ4n) is 3.19. The van der Waals surface area contributed by atoms with E-state index in [9.17, 15) is 5.26 Å². The van der Waals surface area contributed by atoms with Gasteiger partial charge >= 0.3 is 0 Å². The number of benzene rings is 1. The Balaban J connectivity index is 1.93. The lowest BCUT2D eigenvalue weighted by Crippen LogP contribution is -2.45. The molecule has 0 saturated heterocycles. The maximum Gasteiger partial charge on any atom is 0.122 e. The molecule has 0 aliphatic heterocycles. The van der Waals surface area contributed by atoms with Gasteiger partial charge in [0.1, 0.15) is 11.3 Å². The molecule has 1 aliphatic carbocycles. The Bertz CT molecular complexity index is 506. The smallest absolute Gasteiger partial charge is 0.122 e. The predicted molar refractivity (Wildman–Crippen MR) is 80.8 cm³/mol. The van der Waals surface area contributed by atoms with Crippen molar-refractivity contribution in [3.05, 3.63) is 29.3 Å². The van der Waals surface area contributed by atoms with E-state index in [2.05, 4.69) is 31.3 Å². The molecular formula is C17H24N2O. The van der Waals surface area contributed by atoms with Crippen LogP contribution in [-0.4, -0.2) is 19.2 Å². The molecule has 2 rings (SSSR count). The quantitative estimate of drug-likeness (QED) is 0.894. The number of hydrogen-bond donors (Lipinski definition) is 1. The lowest BCUT2D eigenvalue weighted by Gasteiger charge is -2.28. The van der Waals surface area contributed by atoms with Gasteiger partial charge in [-0.3, -0.25) is 0 Å². The van der Waals surface area contributed by atoms with Crippen LogP contribution in [0.15, 0.2) is 18.2 Å². The number of nitrogens with zero attached hydrogens (tertiary/aromatic N) is 1. The molecule has 0 radical (unpaired) electrons. The van der Waals surface area contributed by atoms with Crippen molar-refractivity contribution in [2.75, 3.05) is 13.7 Å². The van der Waals surface area contributed by atoms with E-state index in [0.29, 0.717) is 12.5 Å². The molecule has 2 unspecified atom stereocenters. The zero-order valence-corrected chi connectivity index (χ0v) is 12.7. The summed E-state index contributed by atoms with van der Waals surface area (Å²) in [6, 6.07) is 8.63. The standard InChI is InChI=1S/C17H24N2O/c1-13-6-4-8-16(14(13)2)20-11-9-15-7-5-10-17(15,12-18)19-3/h4,6,8,15,19H,5,7,9-11H2,1-3H3. The Kier molecular flexibility index (Phi) is 4.67. The molecule has 0 spiro atoms. The molecule has 20 heavy (non-hydrogen) atoms. The molecule has 3 nitrogen and oxygen atoms in total. The normalized spacial score (nSPS) is 25.4. The van der Waals surface area contributed by atoms with Crippen molar-refractivity contribution >= 4 is 0 Å². The maximum absolute atomic E-state index is 9.43. The topological polar surface area (TPSA) is 45.0 Å². The van der Waals surface area contributed by atoms with Gasteiger partial charge in [0.2, 0.25) is 0 Å². The minimum absolute atomic E-state index is 0.342. The van der Waals surface area contributed by atoms with Crippen molar-refractivity contribution in [1.29, 1.82) is 5.26 Å². The van der Waals surface area contributed by atoms with E-state index in [4.69, 9.17) is 4.74 Å². The maximum atomic E-state index is 9.43. The third-order valence-corrected chi connectivity index (χ3v) is 4.75. The third kappa shape index (κ3) is 2.81. The van der Waals surface area contributed by atoms with Gasteiger partial charge in [0.25, 0.3) is 0 Å². The number of nitriles is 1. The van der Waals surface area contributed by atoms with Crippen LogP contribution in [0.5, 0.6) is 5.75 Å². The Morgan fingerprint density at radius 3 is 2.95 bits per heavy atom. The van der Waals surface area contributed by atoms with Gasteiger partial charge in [0.05, 0.1) is 12.7 Å². The lowest BCUT2D eigenvalue weighted by atomic mass is 9.86. The van der Waals surface area contributed by atoms with Crippen LogP contribution in [0.1, 0.15) is 36.8 Å². The highest BCUT2D eigenvalue weighted by Gasteiger charge is 2.41. The summed E-state index contributed by atoms with van der Waals surface area (Å²) in [6.45, 7) is 4.87. The largest absolute Gasteiger partial charge is 0.493 e. The van der Waals surface area contributed by atoms with Crippen LogP contribution in [0.25, 0.3) is 0 Å². The SMILES string of the molecule is CNC1(C#N)CCCC1CCOc1cccc(C)c1C. The number of aryl methyl sites for hydroxylation is 1. The van der Waals surface area contributed by atoms with E-state index in [-0.39, 0.29) is 5.54 Å². The van der Waals surface area contributed by atoms with Crippen molar-refractivity contribution in [3.63, 3.8) is 0 Å². The average molecular weight is 272 g/mol. The summed E-state index contributed by atoms with van der Waals surface area (Å²) >= 11 is 0. The van der Waals surface area contributed by atoms with Gasteiger partial charge < -0.3 is 10.1 Å². The van der Waals surface area contributed by atoms with Crippen LogP contribution in [0, 0.1) is 31.1 Å². The van der Waals surface area contributed by atoms with E-state index < -0.39 is 0 Å². The molecule has 1 saturated carbocycles. The average Bonchev–Trinajstić information content (AvgIpc) is 2.87. The molecule has 3 heteroatoms. The molecule has 1 N–H and O–H groups in total. The molecular weight excluding hydrogens is 248 g/mol. The number of nitrogens with one attached hydrogen (secondary N) is 1. The molecule has 0 bridgehead atoms. The molecule has 0 heterocycles. The van der Waals surface area contributed by atoms with Crippen LogP contribution in [0.3, 0.4) is 0 Å². The third-order valence-electron chi connectivity index (χ3n) is 4.75. The van der Waals surface area contributed by atoms with Gasteiger partial charge in [-0.2, -0.15) is 5.26 Å². The highest BCUT2D eigenvalue weighted by molar-refractivity contribution is 5.38. The summed E-state index contributed by atoms with van der Waals surface area (Å²) in [7, 11) is 1.90. The van der Waals surface area contributed by atoms with E-state index in [0.717, 1.165) is 31.4 Å². The fraction of sp³-hybridized carbons (Fsp3) is 0.588. The first kappa shape index (κ1) is 14.9. The number of ether oxygens (including phenoxy) is 1. The Hall–Kier alpha value is -1.53. The highest BCUT2D eigenvalue weighted by atomic mass is 16.5. The van der Waals surface area contributed by atoms with Crippen LogP contribution in [0.4, 0.5) is 0 Å². The first-order chi connectivity index (χ1) is 9.63. The monoisotopic (exact) mass is 272 g/mol. The Morgan fingerprint density at radius 2 is 2.25 bits per heavy atom. The summed E-state index contributed by atoms with van der Waals surface area (Å²) in [5.74, 6) is 1.36. The zero-order chi connectivity index (χ0) is 14.6.